The van der Waals surface area contributed by atoms with Crippen molar-refractivity contribution in [3.8, 4) is 0 Å². The number of hydrogen-bond acceptors (Lipinski definition) is 4. The predicted molar refractivity (Wildman–Crippen MR) is 91.0 cm³/mol. The Morgan fingerprint density at radius 2 is 2.21 bits per heavy atom. The molecule has 0 aliphatic carbocycles. The molecule has 0 unspecified atom stereocenters. The molecule has 6 nitrogen and oxygen atoms in total. The highest BCUT2D eigenvalue weighted by molar-refractivity contribution is 5.93. The Balaban J connectivity index is 1.70. The van der Waals surface area contributed by atoms with Gasteiger partial charge in [-0.15, -0.1) is 0 Å². The van der Waals surface area contributed by atoms with E-state index >= 15 is 0 Å². The molecule has 0 fully saturated rings. The lowest BCUT2D eigenvalue weighted by molar-refractivity contribution is 0.0950. The third-order valence-electron chi connectivity index (χ3n) is 3.77. The van der Waals surface area contributed by atoms with E-state index < -0.39 is 0 Å². The molecule has 24 heavy (non-hydrogen) atoms. The zero-order valence-electron chi connectivity index (χ0n) is 13.6. The van der Waals surface area contributed by atoms with E-state index in [-0.39, 0.29) is 5.91 Å². The Bertz CT molecular complexity index is 849. The van der Waals surface area contributed by atoms with Crippen LogP contribution in [0.1, 0.15) is 33.2 Å². The van der Waals surface area contributed by atoms with Crippen molar-refractivity contribution in [2.24, 2.45) is 5.10 Å². The Hall–Kier alpha value is -3.15. The standard InChI is InChI=1S/C18H18N4O2/c1-13-10-15(14(2)22(13)12-16-6-5-9-24-16)11-20-21-18(23)17-7-3-4-8-19-17/h3-11H,12H2,1-2H3,(H,21,23)/b20-11-. The number of nitrogens with zero attached hydrogens (tertiary/aromatic N) is 3. The van der Waals surface area contributed by atoms with Crippen molar-refractivity contribution in [3.63, 3.8) is 0 Å². The van der Waals surface area contributed by atoms with Crippen molar-refractivity contribution in [2.45, 2.75) is 20.4 Å². The van der Waals surface area contributed by atoms with Gasteiger partial charge < -0.3 is 8.98 Å². The number of furan rings is 1. The third-order valence-corrected chi connectivity index (χ3v) is 3.77. The highest BCUT2D eigenvalue weighted by Gasteiger charge is 2.09. The van der Waals surface area contributed by atoms with E-state index in [9.17, 15) is 4.79 Å². The van der Waals surface area contributed by atoms with Gasteiger partial charge >= 0.3 is 0 Å². The van der Waals surface area contributed by atoms with Crippen molar-refractivity contribution >= 4 is 12.1 Å². The molecule has 3 heterocycles. The smallest absolute Gasteiger partial charge is 0.289 e. The van der Waals surface area contributed by atoms with Crippen LogP contribution in [0, 0.1) is 13.8 Å². The summed E-state index contributed by atoms with van der Waals surface area (Å²) in [7, 11) is 0. The molecule has 3 rings (SSSR count). The first kappa shape index (κ1) is 15.7. The maximum absolute atomic E-state index is 11.9. The number of hydrogen-bond donors (Lipinski definition) is 1. The molecule has 0 bridgehead atoms. The van der Waals surface area contributed by atoms with Gasteiger partial charge in [-0.2, -0.15) is 5.10 Å². The van der Waals surface area contributed by atoms with E-state index in [1.54, 1.807) is 36.9 Å². The van der Waals surface area contributed by atoms with E-state index in [4.69, 9.17) is 4.42 Å². The van der Waals surface area contributed by atoms with Crippen LogP contribution in [0.4, 0.5) is 0 Å². The lowest BCUT2D eigenvalue weighted by Gasteiger charge is -2.07. The average molecular weight is 322 g/mol. The van der Waals surface area contributed by atoms with Crippen LogP contribution in [0.15, 0.2) is 58.4 Å². The van der Waals surface area contributed by atoms with E-state index in [0.717, 1.165) is 22.7 Å². The molecule has 0 atom stereocenters. The van der Waals surface area contributed by atoms with Crippen LogP contribution in [0.3, 0.4) is 0 Å². The Kier molecular flexibility index (Phi) is 4.56. The van der Waals surface area contributed by atoms with Gasteiger partial charge in [0.1, 0.15) is 11.5 Å². The number of rotatable bonds is 5. The summed E-state index contributed by atoms with van der Waals surface area (Å²) in [4.78, 5) is 15.9. The molecule has 0 radical (unpaired) electrons. The first-order valence-electron chi connectivity index (χ1n) is 7.58. The quantitative estimate of drug-likeness (QED) is 0.580. The molecule has 1 N–H and O–H groups in total. The summed E-state index contributed by atoms with van der Waals surface area (Å²) in [5.74, 6) is 0.556. The van der Waals surface area contributed by atoms with Crippen molar-refractivity contribution in [2.75, 3.05) is 0 Å². The second-order valence-corrected chi connectivity index (χ2v) is 5.41. The molecule has 0 saturated heterocycles. The molecule has 6 heteroatoms. The summed E-state index contributed by atoms with van der Waals surface area (Å²) in [5.41, 5.74) is 5.92. The third kappa shape index (κ3) is 3.43. The summed E-state index contributed by atoms with van der Waals surface area (Å²) in [6, 6.07) is 11.0. The zero-order chi connectivity index (χ0) is 16.9. The van der Waals surface area contributed by atoms with E-state index in [2.05, 4.69) is 20.1 Å². The fraction of sp³-hybridized carbons (Fsp3) is 0.167. The molecule has 0 aromatic carbocycles. The van der Waals surface area contributed by atoms with Crippen LogP contribution in [0.2, 0.25) is 0 Å². The van der Waals surface area contributed by atoms with Gasteiger partial charge in [0.15, 0.2) is 0 Å². The predicted octanol–water partition coefficient (Wildman–Crippen LogP) is 2.91. The van der Waals surface area contributed by atoms with Crippen molar-refractivity contribution in [1.82, 2.24) is 15.0 Å². The van der Waals surface area contributed by atoms with Crippen LogP contribution in [-0.4, -0.2) is 21.7 Å². The maximum Gasteiger partial charge on any atom is 0.289 e. The minimum atomic E-state index is -0.337. The van der Waals surface area contributed by atoms with Crippen LogP contribution < -0.4 is 5.43 Å². The molecule has 0 aliphatic rings. The lowest BCUT2D eigenvalue weighted by atomic mass is 10.3. The normalized spacial score (nSPS) is 11.1. The van der Waals surface area contributed by atoms with Crippen LogP contribution in [-0.2, 0) is 6.54 Å². The van der Waals surface area contributed by atoms with Crippen LogP contribution in [0.5, 0.6) is 0 Å². The highest BCUT2D eigenvalue weighted by Crippen LogP contribution is 2.16. The van der Waals surface area contributed by atoms with E-state index in [1.165, 1.54) is 0 Å². The van der Waals surface area contributed by atoms with Crippen molar-refractivity contribution in [3.05, 3.63) is 77.3 Å². The number of amides is 1. The number of aromatic nitrogens is 2. The van der Waals surface area contributed by atoms with Gasteiger partial charge in [0, 0.05) is 23.1 Å². The molecule has 3 aromatic heterocycles. The van der Waals surface area contributed by atoms with Gasteiger partial charge in [-0.25, -0.2) is 5.43 Å². The fourth-order valence-electron chi connectivity index (χ4n) is 2.47. The number of carbonyl (C=O) groups is 1. The van der Waals surface area contributed by atoms with Crippen molar-refractivity contribution < 1.29 is 9.21 Å². The number of hydrazone groups is 1. The highest BCUT2D eigenvalue weighted by atomic mass is 16.3. The second-order valence-electron chi connectivity index (χ2n) is 5.41. The number of nitrogens with one attached hydrogen (secondary N) is 1. The van der Waals surface area contributed by atoms with Gasteiger partial charge in [0.05, 0.1) is 19.0 Å². The lowest BCUT2D eigenvalue weighted by Crippen LogP contribution is -2.18. The number of pyridine rings is 1. The van der Waals surface area contributed by atoms with E-state index in [0.29, 0.717) is 12.2 Å². The largest absolute Gasteiger partial charge is 0.467 e. The average Bonchev–Trinajstić information content (AvgIpc) is 3.20. The molecule has 0 spiro atoms. The second kappa shape index (κ2) is 6.95. The summed E-state index contributed by atoms with van der Waals surface area (Å²) in [6.45, 7) is 4.70. The summed E-state index contributed by atoms with van der Waals surface area (Å²) in [5, 5.41) is 4.03. The topological polar surface area (TPSA) is 72.4 Å². The minimum absolute atomic E-state index is 0.331. The van der Waals surface area contributed by atoms with Gasteiger partial charge in [-0.1, -0.05) is 6.07 Å². The maximum atomic E-state index is 11.9. The molecular formula is C18H18N4O2. The van der Waals surface area contributed by atoms with Crippen molar-refractivity contribution in [1.29, 1.82) is 0 Å². The molecule has 3 aromatic rings. The van der Waals surface area contributed by atoms with E-state index in [1.807, 2.05) is 32.0 Å². The van der Waals surface area contributed by atoms with Gasteiger partial charge in [-0.3, -0.25) is 9.78 Å². The number of carbonyl (C=O) groups excluding carboxylic acids is 1. The van der Waals surface area contributed by atoms with Crippen LogP contribution >= 0.6 is 0 Å². The Morgan fingerprint density at radius 3 is 2.92 bits per heavy atom. The molecule has 0 saturated carbocycles. The summed E-state index contributed by atoms with van der Waals surface area (Å²) in [6.07, 6.45) is 4.88. The minimum Gasteiger partial charge on any atom is -0.467 e. The number of aryl methyl sites for hydroxylation is 1. The van der Waals surface area contributed by atoms with Gasteiger partial charge in [-0.05, 0) is 44.2 Å². The molecule has 0 aliphatic heterocycles. The first-order chi connectivity index (χ1) is 11.6. The Labute approximate surface area is 139 Å². The fourth-order valence-corrected chi connectivity index (χ4v) is 2.47. The molecule has 1 amide bonds. The van der Waals surface area contributed by atoms with Gasteiger partial charge in [0.25, 0.3) is 5.91 Å². The summed E-state index contributed by atoms with van der Waals surface area (Å²) >= 11 is 0. The van der Waals surface area contributed by atoms with Crippen LogP contribution in [0.25, 0.3) is 0 Å². The summed E-state index contributed by atoms with van der Waals surface area (Å²) < 4.78 is 7.54. The molecule has 122 valence electrons. The monoisotopic (exact) mass is 322 g/mol. The first-order valence-corrected chi connectivity index (χ1v) is 7.58. The Morgan fingerprint density at radius 1 is 1.33 bits per heavy atom. The van der Waals surface area contributed by atoms with Gasteiger partial charge in [0.2, 0.25) is 0 Å². The SMILES string of the molecule is Cc1cc(/C=N\NC(=O)c2ccccn2)c(C)n1Cc1ccco1. The zero-order valence-corrected chi connectivity index (χ0v) is 13.6. The molecular weight excluding hydrogens is 304 g/mol.